The van der Waals surface area contributed by atoms with E-state index in [1.807, 2.05) is 30.0 Å². The Hall–Kier alpha value is -2.79. The second kappa shape index (κ2) is 7.91. The van der Waals surface area contributed by atoms with Crippen molar-refractivity contribution in [1.82, 2.24) is 0 Å². The third-order valence-corrected chi connectivity index (χ3v) is 6.83. The van der Waals surface area contributed by atoms with Crippen LogP contribution in [0.25, 0.3) is 0 Å². The van der Waals surface area contributed by atoms with Crippen LogP contribution in [-0.2, 0) is 6.54 Å². The van der Waals surface area contributed by atoms with Crippen LogP contribution in [0.1, 0.15) is 22.8 Å². The molecule has 1 atom stereocenters. The van der Waals surface area contributed by atoms with E-state index in [2.05, 4.69) is 53.4 Å². The predicted molar refractivity (Wildman–Crippen MR) is 116 cm³/mol. The summed E-state index contributed by atoms with van der Waals surface area (Å²) in [4.78, 5) is 3.77. The molecule has 5 rings (SSSR count). The number of fused-ring (bicyclic) bond motifs is 2. The summed E-state index contributed by atoms with van der Waals surface area (Å²) in [6.07, 6.45) is 1.05. The standard InChI is InChI=1S/C24H23NO3S/c1-26-19-8-4-6-17(14-19)22-12-13-25(20-9-2-3-11-23(20)29-22)15-18-7-5-10-21-24(18)28-16-27-21/h2-11,14,22H,12-13,15-16H2,1H3/t22-/m0/s1. The molecular formula is C24H23NO3S. The molecule has 0 fully saturated rings. The zero-order valence-electron chi connectivity index (χ0n) is 16.3. The quantitative estimate of drug-likeness (QED) is 0.558. The van der Waals surface area contributed by atoms with Crippen LogP contribution in [0.2, 0.25) is 0 Å². The third-order valence-electron chi connectivity index (χ3n) is 5.44. The van der Waals surface area contributed by atoms with Gasteiger partial charge in [-0.15, -0.1) is 11.8 Å². The van der Waals surface area contributed by atoms with Gasteiger partial charge in [0.2, 0.25) is 6.79 Å². The van der Waals surface area contributed by atoms with E-state index in [-0.39, 0.29) is 0 Å². The van der Waals surface area contributed by atoms with Gasteiger partial charge in [-0.1, -0.05) is 36.4 Å². The Morgan fingerprint density at radius 1 is 1.03 bits per heavy atom. The molecule has 4 nitrogen and oxygen atoms in total. The fourth-order valence-electron chi connectivity index (χ4n) is 3.99. The highest BCUT2D eigenvalue weighted by atomic mass is 32.2. The molecule has 2 aliphatic rings. The van der Waals surface area contributed by atoms with Gasteiger partial charge in [0.05, 0.1) is 12.8 Å². The highest BCUT2D eigenvalue weighted by Crippen LogP contribution is 2.46. The summed E-state index contributed by atoms with van der Waals surface area (Å²) in [6, 6.07) is 23.3. The van der Waals surface area contributed by atoms with Crippen molar-refractivity contribution in [3.8, 4) is 17.2 Å². The number of hydrogen-bond acceptors (Lipinski definition) is 5. The van der Waals surface area contributed by atoms with E-state index in [1.165, 1.54) is 21.7 Å². The van der Waals surface area contributed by atoms with Crippen LogP contribution in [0, 0.1) is 0 Å². The lowest BCUT2D eigenvalue weighted by Crippen LogP contribution is -2.24. The fourth-order valence-corrected chi connectivity index (χ4v) is 5.27. The van der Waals surface area contributed by atoms with E-state index in [0.29, 0.717) is 12.0 Å². The van der Waals surface area contributed by atoms with Gasteiger partial charge in [0, 0.05) is 28.8 Å². The van der Waals surface area contributed by atoms with Crippen molar-refractivity contribution in [2.24, 2.45) is 0 Å². The minimum Gasteiger partial charge on any atom is -0.497 e. The first-order valence-electron chi connectivity index (χ1n) is 9.84. The highest BCUT2D eigenvalue weighted by Gasteiger charge is 2.25. The molecule has 5 heteroatoms. The number of ether oxygens (including phenoxy) is 3. The smallest absolute Gasteiger partial charge is 0.231 e. The van der Waals surface area contributed by atoms with E-state index in [4.69, 9.17) is 14.2 Å². The molecule has 148 valence electrons. The number of methoxy groups -OCH3 is 1. The molecule has 2 aliphatic heterocycles. The van der Waals surface area contributed by atoms with Gasteiger partial charge in [0.15, 0.2) is 11.5 Å². The Kier molecular flexibility index (Phi) is 4.98. The Labute approximate surface area is 175 Å². The van der Waals surface area contributed by atoms with Crippen LogP contribution in [0.5, 0.6) is 17.2 Å². The zero-order chi connectivity index (χ0) is 19.6. The van der Waals surface area contributed by atoms with Crippen molar-refractivity contribution >= 4 is 17.4 Å². The molecule has 0 amide bonds. The van der Waals surface area contributed by atoms with Crippen molar-refractivity contribution in [1.29, 1.82) is 0 Å². The summed E-state index contributed by atoms with van der Waals surface area (Å²) in [5, 5.41) is 0.386. The Bertz CT molecular complexity index is 1020. The molecule has 29 heavy (non-hydrogen) atoms. The van der Waals surface area contributed by atoms with Crippen LogP contribution < -0.4 is 19.1 Å². The van der Waals surface area contributed by atoms with E-state index < -0.39 is 0 Å². The average Bonchev–Trinajstić information content (AvgIpc) is 3.18. The second-order valence-corrected chi connectivity index (χ2v) is 8.46. The normalized spacial score (nSPS) is 17.6. The summed E-state index contributed by atoms with van der Waals surface area (Å²) in [5.41, 5.74) is 3.75. The summed E-state index contributed by atoms with van der Waals surface area (Å²) in [5.74, 6) is 2.63. The first-order chi connectivity index (χ1) is 14.3. The van der Waals surface area contributed by atoms with Gasteiger partial charge in [-0.25, -0.2) is 0 Å². The third kappa shape index (κ3) is 3.62. The number of para-hydroxylation sites is 2. The minimum atomic E-state index is 0.302. The van der Waals surface area contributed by atoms with Crippen LogP contribution >= 0.6 is 11.8 Å². The van der Waals surface area contributed by atoms with Gasteiger partial charge in [0.1, 0.15) is 5.75 Å². The number of benzene rings is 3. The van der Waals surface area contributed by atoms with Crippen LogP contribution in [0.3, 0.4) is 0 Å². The number of thioether (sulfide) groups is 1. The Morgan fingerprint density at radius 3 is 2.86 bits per heavy atom. The summed E-state index contributed by atoms with van der Waals surface area (Å²) >= 11 is 1.94. The van der Waals surface area contributed by atoms with Crippen molar-refractivity contribution < 1.29 is 14.2 Å². The summed E-state index contributed by atoms with van der Waals surface area (Å²) < 4.78 is 16.7. The van der Waals surface area contributed by atoms with Crippen LogP contribution in [0.4, 0.5) is 5.69 Å². The monoisotopic (exact) mass is 405 g/mol. The number of rotatable bonds is 4. The molecule has 0 aliphatic carbocycles. The minimum absolute atomic E-state index is 0.302. The Morgan fingerprint density at radius 2 is 1.93 bits per heavy atom. The predicted octanol–water partition coefficient (Wildman–Crippen LogP) is 5.67. The largest absolute Gasteiger partial charge is 0.497 e. The second-order valence-electron chi connectivity index (χ2n) is 7.21. The molecule has 3 aromatic carbocycles. The lowest BCUT2D eigenvalue weighted by atomic mass is 10.1. The van der Waals surface area contributed by atoms with Crippen molar-refractivity contribution in [2.45, 2.75) is 23.1 Å². The fraction of sp³-hybridized carbons (Fsp3) is 0.250. The van der Waals surface area contributed by atoms with Crippen molar-refractivity contribution in [2.75, 3.05) is 25.3 Å². The molecule has 0 aromatic heterocycles. The molecule has 0 unspecified atom stereocenters. The van der Waals surface area contributed by atoms with Gasteiger partial charge in [-0.05, 0) is 42.3 Å². The maximum atomic E-state index is 5.74. The first-order valence-corrected chi connectivity index (χ1v) is 10.7. The summed E-state index contributed by atoms with van der Waals surface area (Å²) in [6.45, 7) is 2.07. The Balaban J connectivity index is 1.45. The van der Waals surface area contributed by atoms with Crippen LogP contribution in [-0.4, -0.2) is 20.4 Å². The average molecular weight is 406 g/mol. The van der Waals surface area contributed by atoms with Crippen molar-refractivity contribution in [3.63, 3.8) is 0 Å². The van der Waals surface area contributed by atoms with Gasteiger partial charge >= 0.3 is 0 Å². The van der Waals surface area contributed by atoms with E-state index in [0.717, 1.165) is 36.8 Å². The maximum Gasteiger partial charge on any atom is 0.231 e. The van der Waals surface area contributed by atoms with Gasteiger partial charge in [-0.3, -0.25) is 0 Å². The number of nitrogens with zero attached hydrogens (tertiary/aromatic N) is 1. The topological polar surface area (TPSA) is 30.9 Å². The van der Waals surface area contributed by atoms with Gasteiger partial charge in [0.25, 0.3) is 0 Å². The molecule has 0 N–H and O–H groups in total. The van der Waals surface area contributed by atoms with E-state index in [9.17, 15) is 0 Å². The van der Waals surface area contributed by atoms with Crippen molar-refractivity contribution in [3.05, 3.63) is 77.9 Å². The first kappa shape index (κ1) is 18.3. The number of anilines is 1. The van der Waals surface area contributed by atoms with E-state index >= 15 is 0 Å². The molecule has 3 aromatic rings. The SMILES string of the molecule is COc1cccc([C@@H]2CCN(Cc3cccc4c3OCO4)c3ccccc3S2)c1. The number of hydrogen-bond donors (Lipinski definition) is 0. The molecule has 0 bridgehead atoms. The highest BCUT2D eigenvalue weighted by molar-refractivity contribution is 7.99. The molecule has 0 saturated carbocycles. The maximum absolute atomic E-state index is 5.74. The molecule has 0 saturated heterocycles. The van der Waals surface area contributed by atoms with Gasteiger partial charge < -0.3 is 19.1 Å². The van der Waals surface area contributed by atoms with E-state index in [1.54, 1.807) is 7.11 Å². The molecule has 0 radical (unpaired) electrons. The van der Waals surface area contributed by atoms with Gasteiger partial charge in [-0.2, -0.15) is 0 Å². The molecule has 0 spiro atoms. The lowest BCUT2D eigenvalue weighted by Gasteiger charge is -2.25. The lowest BCUT2D eigenvalue weighted by molar-refractivity contribution is 0.173. The zero-order valence-corrected chi connectivity index (χ0v) is 17.2. The molecule has 2 heterocycles. The summed E-state index contributed by atoms with van der Waals surface area (Å²) in [7, 11) is 1.72. The molecular weight excluding hydrogens is 382 g/mol. The van der Waals surface area contributed by atoms with Crippen LogP contribution in [0.15, 0.2) is 71.6 Å².